The number of aryl methyl sites for hydroxylation is 1. The monoisotopic (exact) mass is 345 g/mol. The van der Waals surface area contributed by atoms with Crippen LogP contribution in [0.15, 0.2) is 12.1 Å². The van der Waals surface area contributed by atoms with Crippen molar-refractivity contribution in [2.75, 3.05) is 26.2 Å². The standard InChI is InChI=1S/C15H23N3O2S.ClH/c1-11(16)3-6-14(19)17-7-9-18(10-8-17)15(20)13-5-4-12(2)21-13;/h4-5,11H,3,6-10,16H2,1-2H3;1H. The van der Waals surface area contributed by atoms with Crippen molar-refractivity contribution in [3.05, 3.63) is 21.9 Å². The van der Waals surface area contributed by atoms with E-state index in [1.165, 1.54) is 11.3 Å². The van der Waals surface area contributed by atoms with Gasteiger partial charge in [0, 0.05) is 43.5 Å². The van der Waals surface area contributed by atoms with Crippen LogP contribution in [0.5, 0.6) is 0 Å². The van der Waals surface area contributed by atoms with E-state index in [4.69, 9.17) is 5.73 Å². The third kappa shape index (κ3) is 4.97. The molecule has 1 aromatic heterocycles. The van der Waals surface area contributed by atoms with Gasteiger partial charge in [-0.1, -0.05) is 0 Å². The van der Waals surface area contributed by atoms with Crippen LogP contribution in [0.4, 0.5) is 0 Å². The van der Waals surface area contributed by atoms with Crippen LogP contribution < -0.4 is 5.73 Å². The summed E-state index contributed by atoms with van der Waals surface area (Å²) < 4.78 is 0. The molecular formula is C15H24ClN3O2S. The molecule has 7 heteroatoms. The van der Waals surface area contributed by atoms with Gasteiger partial charge in [-0.05, 0) is 32.4 Å². The first kappa shape index (κ1) is 18.9. The number of rotatable bonds is 4. The van der Waals surface area contributed by atoms with Crippen LogP contribution in [0, 0.1) is 6.92 Å². The molecule has 1 aliphatic heterocycles. The molecule has 0 aliphatic carbocycles. The molecule has 2 rings (SSSR count). The molecule has 1 fully saturated rings. The summed E-state index contributed by atoms with van der Waals surface area (Å²) in [5, 5.41) is 0. The smallest absolute Gasteiger partial charge is 0.264 e. The molecule has 0 aromatic carbocycles. The minimum Gasteiger partial charge on any atom is -0.339 e. The summed E-state index contributed by atoms with van der Waals surface area (Å²) in [6.07, 6.45) is 1.21. The fraction of sp³-hybridized carbons (Fsp3) is 0.600. The molecule has 1 saturated heterocycles. The second-order valence-electron chi connectivity index (χ2n) is 5.60. The summed E-state index contributed by atoms with van der Waals surface area (Å²) in [6.45, 7) is 6.37. The van der Waals surface area contributed by atoms with E-state index in [0.717, 1.165) is 9.75 Å². The van der Waals surface area contributed by atoms with Gasteiger partial charge in [0.25, 0.3) is 5.91 Å². The van der Waals surface area contributed by atoms with Crippen molar-refractivity contribution in [3.63, 3.8) is 0 Å². The molecule has 1 aliphatic rings. The first-order chi connectivity index (χ1) is 9.97. The third-order valence-corrected chi connectivity index (χ3v) is 4.67. The molecule has 0 bridgehead atoms. The topological polar surface area (TPSA) is 66.6 Å². The highest BCUT2D eigenvalue weighted by Gasteiger charge is 2.25. The van der Waals surface area contributed by atoms with E-state index in [0.29, 0.717) is 39.0 Å². The minimum absolute atomic E-state index is 0. The first-order valence-corrected chi connectivity index (χ1v) is 8.18. The van der Waals surface area contributed by atoms with Gasteiger partial charge >= 0.3 is 0 Å². The molecule has 2 heterocycles. The Hall–Kier alpha value is -1.11. The van der Waals surface area contributed by atoms with Gasteiger partial charge in [-0.3, -0.25) is 9.59 Å². The lowest BCUT2D eigenvalue weighted by molar-refractivity contribution is -0.132. The van der Waals surface area contributed by atoms with Gasteiger partial charge < -0.3 is 15.5 Å². The maximum Gasteiger partial charge on any atom is 0.264 e. The fourth-order valence-electron chi connectivity index (χ4n) is 2.37. The molecule has 22 heavy (non-hydrogen) atoms. The summed E-state index contributed by atoms with van der Waals surface area (Å²) in [6, 6.07) is 3.90. The zero-order valence-corrected chi connectivity index (χ0v) is 14.7. The maximum atomic E-state index is 12.3. The summed E-state index contributed by atoms with van der Waals surface area (Å²) in [5.74, 6) is 0.224. The molecule has 0 saturated carbocycles. The largest absolute Gasteiger partial charge is 0.339 e. The Morgan fingerprint density at radius 2 is 1.82 bits per heavy atom. The van der Waals surface area contributed by atoms with Crippen LogP contribution in [-0.4, -0.2) is 53.8 Å². The Labute approximate surface area is 141 Å². The van der Waals surface area contributed by atoms with Crippen molar-refractivity contribution in [2.24, 2.45) is 5.73 Å². The minimum atomic E-state index is 0. The highest BCUT2D eigenvalue weighted by Crippen LogP contribution is 2.18. The van der Waals surface area contributed by atoms with E-state index >= 15 is 0 Å². The van der Waals surface area contributed by atoms with Crippen molar-refractivity contribution < 1.29 is 9.59 Å². The zero-order chi connectivity index (χ0) is 15.4. The van der Waals surface area contributed by atoms with E-state index in [1.54, 1.807) is 0 Å². The van der Waals surface area contributed by atoms with Crippen molar-refractivity contribution in [3.8, 4) is 0 Å². The molecule has 5 nitrogen and oxygen atoms in total. The summed E-state index contributed by atoms with van der Waals surface area (Å²) in [4.78, 5) is 29.9. The van der Waals surface area contributed by atoms with E-state index in [1.807, 2.05) is 35.8 Å². The van der Waals surface area contributed by atoms with Crippen LogP contribution in [0.2, 0.25) is 0 Å². The average molecular weight is 346 g/mol. The molecule has 1 atom stereocenters. The van der Waals surface area contributed by atoms with Gasteiger partial charge in [0.15, 0.2) is 0 Å². The Balaban J connectivity index is 0.00000242. The van der Waals surface area contributed by atoms with Crippen LogP contribution in [0.3, 0.4) is 0 Å². The number of thiophene rings is 1. The Morgan fingerprint density at radius 1 is 1.23 bits per heavy atom. The molecule has 0 spiro atoms. The second kappa shape index (κ2) is 8.50. The normalized spacial score (nSPS) is 16.1. The predicted molar refractivity (Wildman–Crippen MR) is 91.7 cm³/mol. The lowest BCUT2D eigenvalue weighted by Crippen LogP contribution is -2.50. The fourth-order valence-corrected chi connectivity index (χ4v) is 3.21. The number of halogens is 1. The number of hydrogen-bond donors (Lipinski definition) is 1. The lowest BCUT2D eigenvalue weighted by Gasteiger charge is -2.34. The van der Waals surface area contributed by atoms with Gasteiger partial charge in [0.05, 0.1) is 4.88 Å². The number of carbonyl (C=O) groups excluding carboxylic acids is 2. The van der Waals surface area contributed by atoms with Crippen LogP contribution in [0.25, 0.3) is 0 Å². The van der Waals surface area contributed by atoms with E-state index in [2.05, 4.69) is 0 Å². The molecule has 2 N–H and O–H groups in total. The van der Waals surface area contributed by atoms with Crippen molar-refractivity contribution in [1.29, 1.82) is 0 Å². The summed E-state index contributed by atoms with van der Waals surface area (Å²) in [7, 11) is 0. The number of hydrogen-bond acceptors (Lipinski definition) is 4. The zero-order valence-electron chi connectivity index (χ0n) is 13.1. The number of nitrogens with zero attached hydrogens (tertiary/aromatic N) is 2. The van der Waals surface area contributed by atoms with Crippen LogP contribution in [0.1, 0.15) is 34.3 Å². The lowest BCUT2D eigenvalue weighted by atomic mass is 10.1. The van der Waals surface area contributed by atoms with Gasteiger partial charge in [-0.25, -0.2) is 0 Å². The number of nitrogens with two attached hydrogens (primary N) is 1. The second-order valence-corrected chi connectivity index (χ2v) is 6.89. The highest BCUT2D eigenvalue weighted by molar-refractivity contribution is 7.13. The number of piperazine rings is 1. The Bertz CT molecular complexity index is 511. The first-order valence-electron chi connectivity index (χ1n) is 7.36. The van der Waals surface area contributed by atoms with Gasteiger partial charge in [-0.2, -0.15) is 0 Å². The van der Waals surface area contributed by atoms with Crippen molar-refractivity contribution in [2.45, 2.75) is 32.7 Å². The summed E-state index contributed by atoms with van der Waals surface area (Å²) >= 11 is 1.52. The highest BCUT2D eigenvalue weighted by atomic mass is 35.5. The average Bonchev–Trinajstić information content (AvgIpc) is 2.90. The maximum absolute atomic E-state index is 12.3. The quantitative estimate of drug-likeness (QED) is 0.906. The van der Waals surface area contributed by atoms with Crippen LogP contribution >= 0.6 is 23.7 Å². The molecule has 1 unspecified atom stereocenters. The van der Waals surface area contributed by atoms with Crippen molar-refractivity contribution in [1.82, 2.24) is 9.80 Å². The molecule has 0 radical (unpaired) electrons. The van der Waals surface area contributed by atoms with Crippen LogP contribution in [-0.2, 0) is 4.79 Å². The number of carbonyl (C=O) groups is 2. The Kier molecular flexibility index (Phi) is 7.32. The van der Waals surface area contributed by atoms with E-state index in [9.17, 15) is 9.59 Å². The van der Waals surface area contributed by atoms with Gasteiger partial charge in [0.1, 0.15) is 0 Å². The van der Waals surface area contributed by atoms with E-state index < -0.39 is 0 Å². The molecular weight excluding hydrogens is 322 g/mol. The molecule has 124 valence electrons. The Morgan fingerprint density at radius 3 is 2.32 bits per heavy atom. The SMILES string of the molecule is Cc1ccc(C(=O)N2CCN(C(=O)CCC(C)N)CC2)s1.Cl. The van der Waals surface area contributed by atoms with Crippen molar-refractivity contribution >= 4 is 35.6 Å². The van der Waals surface area contributed by atoms with Gasteiger partial charge in [0.2, 0.25) is 5.91 Å². The number of amides is 2. The third-order valence-electron chi connectivity index (χ3n) is 3.68. The summed E-state index contributed by atoms with van der Waals surface area (Å²) in [5.41, 5.74) is 5.68. The van der Waals surface area contributed by atoms with Gasteiger partial charge in [-0.15, -0.1) is 23.7 Å². The van der Waals surface area contributed by atoms with E-state index in [-0.39, 0.29) is 30.3 Å². The molecule has 1 aromatic rings. The predicted octanol–water partition coefficient (Wildman–Crippen LogP) is 1.89. The molecule has 2 amide bonds.